The predicted octanol–water partition coefficient (Wildman–Crippen LogP) is 5.73. The molecule has 0 radical (unpaired) electrons. The van der Waals surface area contributed by atoms with E-state index in [2.05, 4.69) is 10.3 Å². The van der Waals surface area contributed by atoms with Gasteiger partial charge in [-0.3, -0.25) is 4.79 Å². The van der Waals surface area contributed by atoms with Crippen LogP contribution in [0.15, 0.2) is 47.4 Å². The molecule has 3 N–H and O–H groups in total. The largest absolute Gasteiger partial charge is 0.382 e. The zero-order valence-electron chi connectivity index (χ0n) is 13.0. The lowest BCUT2D eigenvalue weighted by Gasteiger charge is -2.04. The Labute approximate surface area is 163 Å². The topological polar surface area (TPSA) is 68.0 Å². The molecule has 3 rings (SSSR count). The number of nitrogens with one attached hydrogen (secondary N) is 1. The molecule has 3 aromatic rings. The molecule has 1 heterocycles. The number of nitrogens with zero attached hydrogens (tertiary/aromatic N) is 1. The highest BCUT2D eigenvalue weighted by Crippen LogP contribution is 2.34. The van der Waals surface area contributed by atoms with Crippen LogP contribution in [0.25, 0.3) is 0 Å². The van der Waals surface area contributed by atoms with E-state index in [4.69, 9.17) is 28.9 Å². The zero-order chi connectivity index (χ0) is 18.0. The second-order valence-corrected chi connectivity index (χ2v) is 7.71. The van der Waals surface area contributed by atoms with Crippen molar-refractivity contribution in [3.63, 3.8) is 0 Å². The third-order valence-corrected chi connectivity index (χ3v) is 5.71. The van der Waals surface area contributed by atoms with Gasteiger partial charge >= 0.3 is 0 Å². The van der Waals surface area contributed by atoms with E-state index < -0.39 is 0 Å². The van der Waals surface area contributed by atoms with Gasteiger partial charge in [-0.25, -0.2) is 4.98 Å². The number of ketones is 1. The summed E-state index contributed by atoms with van der Waals surface area (Å²) < 4.78 is 0. The van der Waals surface area contributed by atoms with Gasteiger partial charge in [0.05, 0.1) is 15.6 Å². The minimum atomic E-state index is -0.337. The van der Waals surface area contributed by atoms with Crippen LogP contribution in [0.3, 0.4) is 0 Å². The summed E-state index contributed by atoms with van der Waals surface area (Å²) in [6.07, 6.45) is 2.00. The number of nitrogen functional groups attached to an aromatic ring is 1. The predicted molar refractivity (Wildman–Crippen MR) is 108 cm³/mol. The number of nitrogens with two attached hydrogens (primary N) is 1. The van der Waals surface area contributed by atoms with E-state index in [1.54, 1.807) is 30.0 Å². The quantitative estimate of drug-likeness (QED) is 0.415. The standard InChI is InChI=1S/C17H13Cl2N3OS2/c1-24-10-5-2-4-9(8-10)21-17-22-16(20)15(25-17)14(23)13-11(18)6-3-7-12(13)19/h2-8H,20H2,1H3,(H,21,22). The second kappa shape index (κ2) is 7.66. The average molecular weight is 410 g/mol. The van der Waals surface area contributed by atoms with Gasteiger partial charge in [0.25, 0.3) is 0 Å². The molecule has 1 aromatic heterocycles. The van der Waals surface area contributed by atoms with Crippen molar-refractivity contribution in [3.8, 4) is 0 Å². The first kappa shape index (κ1) is 18.1. The maximum absolute atomic E-state index is 12.8. The van der Waals surface area contributed by atoms with Crippen molar-refractivity contribution in [2.45, 2.75) is 4.90 Å². The van der Waals surface area contributed by atoms with E-state index >= 15 is 0 Å². The van der Waals surface area contributed by atoms with E-state index in [1.807, 2.05) is 30.5 Å². The van der Waals surface area contributed by atoms with Crippen LogP contribution in [0.2, 0.25) is 10.0 Å². The van der Waals surface area contributed by atoms with E-state index in [9.17, 15) is 4.79 Å². The number of carbonyl (C=O) groups excluding carboxylic acids is 1. The molecule has 0 aliphatic heterocycles. The highest BCUT2D eigenvalue weighted by Gasteiger charge is 2.22. The van der Waals surface area contributed by atoms with E-state index in [0.29, 0.717) is 10.0 Å². The van der Waals surface area contributed by atoms with Crippen molar-refractivity contribution in [2.24, 2.45) is 0 Å². The van der Waals surface area contributed by atoms with Crippen LogP contribution in [-0.4, -0.2) is 17.0 Å². The van der Waals surface area contributed by atoms with Crippen LogP contribution in [0.1, 0.15) is 15.2 Å². The molecular weight excluding hydrogens is 397 g/mol. The number of thiazole rings is 1. The van der Waals surface area contributed by atoms with Gasteiger partial charge in [0.2, 0.25) is 5.78 Å². The first-order valence-corrected chi connectivity index (χ1v) is 9.95. The molecule has 0 bridgehead atoms. The third-order valence-electron chi connectivity index (χ3n) is 3.37. The molecule has 25 heavy (non-hydrogen) atoms. The van der Waals surface area contributed by atoms with Crippen molar-refractivity contribution in [2.75, 3.05) is 17.3 Å². The summed E-state index contributed by atoms with van der Waals surface area (Å²) in [4.78, 5) is 18.4. The third kappa shape index (κ3) is 3.93. The first-order valence-electron chi connectivity index (χ1n) is 7.15. The Morgan fingerprint density at radius 1 is 1.20 bits per heavy atom. The molecule has 0 unspecified atom stereocenters. The molecule has 0 aliphatic rings. The van der Waals surface area contributed by atoms with E-state index in [-0.39, 0.29) is 27.2 Å². The minimum Gasteiger partial charge on any atom is -0.382 e. The second-order valence-electron chi connectivity index (χ2n) is 5.02. The van der Waals surface area contributed by atoms with Gasteiger partial charge in [0.15, 0.2) is 5.13 Å². The molecule has 0 atom stereocenters. The maximum Gasteiger partial charge on any atom is 0.209 e. The number of hydrogen-bond acceptors (Lipinski definition) is 6. The smallest absolute Gasteiger partial charge is 0.209 e. The summed E-state index contributed by atoms with van der Waals surface area (Å²) in [5.74, 6) is -0.189. The Morgan fingerprint density at radius 2 is 1.88 bits per heavy atom. The summed E-state index contributed by atoms with van der Waals surface area (Å²) in [5.41, 5.74) is 7.04. The number of anilines is 3. The fraction of sp³-hybridized carbons (Fsp3) is 0.0588. The Kier molecular flexibility index (Phi) is 5.54. The Bertz CT molecular complexity index is 923. The van der Waals surface area contributed by atoms with Gasteiger partial charge in [0.1, 0.15) is 10.7 Å². The van der Waals surface area contributed by atoms with Crippen LogP contribution in [-0.2, 0) is 0 Å². The van der Waals surface area contributed by atoms with Gasteiger partial charge in [-0.05, 0) is 36.6 Å². The van der Waals surface area contributed by atoms with Crippen molar-refractivity contribution < 1.29 is 4.79 Å². The van der Waals surface area contributed by atoms with Crippen LogP contribution >= 0.6 is 46.3 Å². The average Bonchev–Trinajstić information content (AvgIpc) is 2.95. The number of aromatic nitrogens is 1. The SMILES string of the molecule is CSc1cccc(Nc2nc(N)c(C(=O)c3c(Cl)cccc3Cl)s2)c1. The monoisotopic (exact) mass is 409 g/mol. The van der Waals surface area contributed by atoms with Gasteiger partial charge < -0.3 is 11.1 Å². The lowest BCUT2D eigenvalue weighted by molar-refractivity contribution is 0.104. The van der Waals surface area contributed by atoms with Crippen LogP contribution in [0, 0.1) is 0 Å². The Balaban J connectivity index is 1.91. The van der Waals surface area contributed by atoms with Crippen molar-refractivity contribution >= 4 is 68.7 Å². The Morgan fingerprint density at radius 3 is 2.56 bits per heavy atom. The van der Waals surface area contributed by atoms with Gasteiger partial charge in [-0.1, -0.05) is 46.7 Å². The molecule has 128 valence electrons. The van der Waals surface area contributed by atoms with Crippen LogP contribution < -0.4 is 11.1 Å². The van der Waals surface area contributed by atoms with Crippen molar-refractivity contribution in [3.05, 3.63) is 63.0 Å². The van der Waals surface area contributed by atoms with Gasteiger partial charge in [-0.15, -0.1) is 11.8 Å². The van der Waals surface area contributed by atoms with Crippen LogP contribution in [0.4, 0.5) is 16.6 Å². The minimum absolute atomic E-state index is 0.148. The highest BCUT2D eigenvalue weighted by atomic mass is 35.5. The summed E-state index contributed by atoms with van der Waals surface area (Å²) in [7, 11) is 0. The van der Waals surface area contributed by atoms with Gasteiger partial charge in [-0.2, -0.15) is 0 Å². The normalized spacial score (nSPS) is 10.7. The molecule has 2 aromatic carbocycles. The van der Waals surface area contributed by atoms with Gasteiger partial charge in [0, 0.05) is 10.6 Å². The number of rotatable bonds is 5. The summed E-state index contributed by atoms with van der Waals surface area (Å²) in [6.45, 7) is 0. The maximum atomic E-state index is 12.8. The fourth-order valence-electron chi connectivity index (χ4n) is 2.20. The summed E-state index contributed by atoms with van der Waals surface area (Å²) in [5, 5.41) is 4.27. The first-order chi connectivity index (χ1) is 12.0. The molecule has 0 spiro atoms. The lowest BCUT2D eigenvalue weighted by Crippen LogP contribution is -2.04. The molecule has 0 saturated heterocycles. The number of hydrogen-bond donors (Lipinski definition) is 2. The molecule has 0 aliphatic carbocycles. The highest BCUT2D eigenvalue weighted by molar-refractivity contribution is 7.98. The van der Waals surface area contributed by atoms with E-state index in [1.165, 1.54) is 11.3 Å². The molecule has 8 heteroatoms. The Hall–Kier alpha value is -1.73. The number of halogens is 2. The number of benzene rings is 2. The number of thioether (sulfide) groups is 1. The molecule has 4 nitrogen and oxygen atoms in total. The molecule has 0 fully saturated rings. The fourth-order valence-corrected chi connectivity index (χ4v) is 4.08. The zero-order valence-corrected chi connectivity index (χ0v) is 16.2. The number of carbonyl (C=O) groups is 1. The summed E-state index contributed by atoms with van der Waals surface area (Å²) >= 11 is 15.0. The molecule has 0 amide bonds. The summed E-state index contributed by atoms with van der Waals surface area (Å²) in [6, 6.07) is 12.8. The van der Waals surface area contributed by atoms with Crippen LogP contribution in [0.5, 0.6) is 0 Å². The lowest BCUT2D eigenvalue weighted by atomic mass is 10.1. The van der Waals surface area contributed by atoms with E-state index in [0.717, 1.165) is 10.6 Å². The van der Waals surface area contributed by atoms with Crippen molar-refractivity contribution in [1.29, 1.82) is 0 Å². The van der Waals surface area contributed by atoms with Crippen molar-refractivity contribution in [1.82, 2.24) is 4.98 Å². The molecule has 0 saturated carbocycles. The molecular formula is C17H13Cl2N3OS2.